The first kappa shape index (κ1) is 13.7. The van der Waals surface area contributed by atoms with E-state index in [1.807, 2.05) is 61.7 Å². The predicted octanol–water partition coefficient (Wildman–Crippen LogP) is 3.90. The Hall–Kier alpha value is -1.74. The Labute approximate surface area is 118 Å². The second-order valence-electron chi connectivity index (χ2n) is 4.44. The standard InChI is InChI=1S/C16H17NOS/c1-12-4-3-5-13(10-12)11-16(18)17-14-6-8-15(19-2)9-7-14/h3-10H,11H2,1-2H3,(H,17,18). The normalized spacial score (nSPS) is 10.2. The number of carbonyl (C=O) groups is 1. The summed E-state index contributed by atoms with van der Waals surface area (Å²) in [5, 5.41) is 2.91. The van der Waals surface area contributed by atoms with E-state index in [4.69, 9.17) is 0 Å². The second kappa shape index (κ2) is 6.43. The number of rotatable bonds is 4. The molecule has 1 N–H and O–H groups in total. The van der Waals surface area contributed by atoms with Crippen molar-refractivity contribution >= 4 is 23.4 Å². The van der Waals surface area contributed by atoms with E-state index in [-0.39, 0.29) is 5.91 Å². The topological polar surface area (TPSA) is 29.1 Å². The fraction of sp³-hybridized carbons (Fsp3) is 0.188. The van der Waals surface area contributed by atoms with Gasteiger partial charge in [-0.25, -0.2) is 0 Å². The van der Waals surface area contributed by atoms with Crippen LogP contribution in [0.25, 0.3) is 0 Å². The molecular weight excluding hydrogens is 254 g/mol. The number of amides is 1. The molecule has 0 aliphatic carbocycles. The first-order chi connectivity index (χ1) is 9.17. The maximum Gasteiger partial charge on any atom is 0.228 e. The molecule has 0 heterocycles. The number of thioether (sulfide) groups is 1. The largest absolute Gasteiger partial charge is 0.326 e. The maximum atomic E-state index is 11.9. The van der Waals surface area contributed by atoms with Crippen molar-refractivity contribution < 1.29 is 4.79 Å². The zero-order valence-electron chi connectivity index (χ0n) is 11.1. The van der Waals surface area contributed by atoms with Crippen LogP contribution in [0, 0.1) is 6.92 Å². The Bertz CT molecular complexity index is 563. The number of anilines is 1. The van der Waals surface area contributed by atoms with Crippen molar-refractivity contribution in [2.45, 2.75) is 18.2 Å². The first-order valence-corrected chi connectivity index (χ1v) is 7.39. The Morgan fingerprint density at radius 3 is 2.53 bits per heavy atom. The Kier molecular flexibility index (Phi) is 4.63. The lowest BCUT2D eigenvalue weighted by Crippen LogP contribution is -2.14. The first-order valence-electron chi connectivity index (χ1n) is 6.17. The minimum atomic E-state index is 0.0162. The number of nitrogens with one attached hydrogen (secondary N) is 1. The van der Waals surface area contributed by atoms with Crippen molar-refractivity contribution in [1.29, 1.82) is 0 Å². The monoisotopic (exact) mass is 271 g/mol. The van der Waals surface area contributed by atoms with Crippen molar-refractivity contribution in [2.75, 3.05) is 11.6 Å². The molecule has 0 atom stereocenters. The summed E-state index contributed by atoms with van der Waals surface area (Å²) in [6.07, 6.45) is 2.44. The summed E-state index contributed by atoms with van der Waals surface area (Å²) >= 11 is 1.69. The van der Waals surface area contributed by atoms with Gasteiger partial charge in [0.25, 0.3) is 0 Å². The van der Waals surface area contributed by atoms with E-state index >= 15 is 0 Å². The molecular formula is C16H17NOS. The van der Waals surface area contributed by atoms with Gasteiger partial charge in [0.15, 0.2) is 0 Å². The molecule has 0 aromatic heterocycles. The molecule has 2 nitrogen and oxygen atoms in total. The summed E-state index contributed by atoms with van der Waals surface area (Å²) in [5.74, 6) is 0.0162. The predicted molar refractivity (Wildman–Crippen MR) is 81.7 cm³/mol. The molecule has 0 fully saturated rings. The van der Waals surface area contributed by atoms with Gasteiger partial charge in [-0.3, -0.25) is 4.79 Å². The Balaban J connectivity index is 1.97. The van der Waals surface area contributed by atoms with Gasteiger partial charge in [-0.15, -0.1) is 11.8 Å². The quantitative estimate of drug-likeness (QED) is 0.855. The van der Waals surface area contributed by atoms with Crippen molar-refractivity contribution in [1.82, 2.24) is 0 Å². The highest BCUT2D eigenvalue weighted by atomic mass is 32.2. The van der Waals surface area contributed by atoms with Crippen LogP contribution in [-0.4, -0.2) is 12.2 Å². The average molecular weight is 271 g/mol. The van der Waals surface area contributed by atoms with Crippen LogP contribution in [-0.2, 0) is 11.2 Å². The molecule has 19 heavy (non-hydrogen) atoms. The van der Waals surface area contributed by atoms with Crippen molar-refractivity contribution in [2.24, 2.45) is 0 Å². The van der Waals surface area contributed by atoms with Crippen LogP contribution in [0.3, 0.4) is 0 Å². The summed E-state index contributed by atoms with van der Waals surface area (Å²) in [6.45, 7) is 2.03. The number of hydrogen-bond acceptors (Lipinski definition) is 2. The van der Waals surface area contributed by atoms with Gasteiger partial charge in [0.05, 0.1) is 6.42 Å². The molecule has 0 radical (unpaired) electrons. The molecule has 0 spiro atoms. The van der Waals surface area contributed by atoms with Crippen LogP contribution in [0.5, 0.6) is 0 Å². The van der Waals surface area contributed by atoms with Crippen molar-refractivity contribution in [3.8, 4) is 0 Å². The van der Waals surface area contributed by atoms with Gasteiger partial charge < -0.3 is 5.32 Å². The number of aryl methyl sites for hydroxylation is 1. The van der Waals surface area contributed by atoms with E-state index in [0.29, 0.717) is 6.42 Å². The maximum absolute atomic E-state index is 11.9. The third-order valence-electron chi connectivity index (χ3n) is 2.82. The molecule has 2 aromatic carbocycles. The summed E-state index contributed by atoms with van der Waals surface area (Å²) in [4.78, 5) is 13.1. The van der Waals surface area contributed by atoms with Crippen LogP contribution >= 0.6 is 11.8 Å². The molecule has 2 rings (SSSR count). The van der Waals surface area contributed by atoms with E-state index in [1.54, 1.807) is 11.8 Å². The Morgan fingerprint density at radius 2 is 1.89 bits per heavy atom. The van der Waals surface area contributed by atoms with Gasteiger partial charge in [0.1, 0.15) is 0 Å². The van der Waals surface area contributed by atoms with E-state index in [0.717, 1.165) is 11.3 Å². The zero-order valence-corrected chi connectivity index (χ0v) is 12.0. The molecule has 98 valence electrons. The average Bonchev–Trinajstić information content (AvgIpc) is 2.39. The fourth-order valence-corrected chi connectivity index (χ4v) is 2.30. The van der Waals surface area contributed by atoms with E-state index in [1.165, 1.54) is 10.5 Å². The summed E-state index contributed by atoms with van der Waals surface area (Å²) in [7, 11) is 0. The minimum Gasteiger partial charge on any atom is -0.326 e. The Morgan fingerprint density at radius 1 is 1.16 bits per heavy atom. The minimum absolute atomic E-state index is 0.0162. The van der Waals surface area contributed by atoms with Gasteiger partial charge in [-0.2, -0.15) is 0 Å². The van der Waals surface area contributed by atoms with E-state index < -0.39 is 0 Å². The molecule has 0 bridgehead atoms. The number of carbonyl (C=O) groups excluding carboxylic acids is 1. The lowest BCUT2D eigenvalue weighted by atomic mass is 10.1. The van der Waals surface area contributed by atoms with Crippen LogP contribution in [0.2, 0.25) is 0 Å². The third-order valence-corrected chi connectivity index (χ3v) is 3.56. The van der Waals surface area contributed by atoms with Crippen molar-refractivity contribution in [3.63, 3.8) is 0 Å². The highest BCUT2D eigenvalue weighted by molar-refractivity contribution is 7.98. The number of hydrogen-bond donors (Lipinski definition) is 1. The fourth-order valence-electron chi connectivity index (χ4n) is 1.89. The smallest absolute Gasteiger partial charge is 0.228 e. The molecule has 1 amide bonds. The van der Waals surface area contributed by atoms with Crippen LogP contribution in [0.1, 0.15) is 11.1 Å². The summed E-state index contributed by atoms with van der Waals surface area (Å²) in [5.41, 5.74) is 3.06. The highest BCUT2D eigenvalue weighted by Crippen LogP contribution is 2.17. The van der Waals surface area contributed by atoms with Gasteiger partial charge in [0, 0.05) is 10.6 Å². The van der Waals surface area contributed by atoms with Crippen LogP contribution in [0.15, 0.2) is 53.4 Å². The SMILES string of the molecule is CSc1ccc(NC(=O)Cc2cccc(C)c2)cc1. The molecule has 0 aliphatic heterocycles. The second-order valence-corrected chi connectivity index (χ2v) is 5.32. The molecule has 3 heteroatoms. The van der Waals surface area contributed by atoms with Gasteiger partial charge in [0.2, 0.25) is 5.91 Å². The van der Waals surface area contributed by atoms with E-state index in [9.17, 15) is 4.79 Å². The van der Waals surface area contributed by atoms with Crippen molar-refractivity contribution in [3.05, 3.63) is 59.7 Å². The van der Waals surface area contributed by atoms with E-state index in [2.05, 4.69) is 5.32 Å². The molecule has 2 aromatic rings. The lowest BCUT2D eigenvalue weighted by molar-refractivity contribution is -0.115. The molecule has 0 aliphatic rings. The van der Waals surface area contributed by atoms with Gasteiger partial charge >= 0.3 is 0 Å². The zero-order chi connectivity index (χ0) is 13.7. The van der Waals surface area contributed by atoms with Gasteiger partial charge in [-0.05, 0) is 43.0 Å². The molecule has 0 saturated carbocycles. The van der Waals surface area contributed by atoms with Crippen LogP contribution < -0.4 is 5.32 Å². The third kappa shape index (κ3) is 4.14. The number of benzene rings is 2. The molecule has 0 unspecified atom stereocenters. The lowest BCUT2D eigenvalue weighted by Gasteiger charge is -2.06. The summed E-state index contributed by atoms with van der Waals surface area (Å²) in [6, 6.07) is 15.9. The van der Waals surface area contributed by atoms with Crippen LogP contribution in [0.4, 0.5) is 5.69 Å². The van der Waals surface area contributed by atoms with Gasteiger partial charge in [-0.1, -0.05) is 29.8 Å². The molecule has 0 saturated heterocycles. The summed E-state index contributed by atoms with van der Waals surface area (Å²) < 4.78 is 0. The highest BCUT2D eigenvalue weighted by Gasteiger charge is 2.04.